The van der Waals surface area contributed by atoms with Gasteiger partial charge in [-0.05, 0) is 55.3 Å². The molecule has 0 amide bonds. The number of anilines is 1. The van der Waals surface area contributed by atoms with Crippen molar-refractivity contribution in [1.29, 1.82) is 0 Å². The van der Waals surface area contributed by atoms with Crippen molar-refractivity contribution in [2.75, 3.05) is 18.5 Å². The highest BCUT2D eigenvalue weighted by molar-refractivity contribution is 5.67. The summed E-state index contributed by atoms with van der Waals surface area (Å²) in [6, 6.07) is 12.6. The highest BCUT2D eigenvalue weighted by atomic mass is 16.5. The fourth-order valence-electron chi connectivity index (χ4n) is 3.49. The Bertz CT molecular complexity index is 942. The highest BCUT2D eigenvalue weighted by Crippen LogP contribution is 2.35. The zero-order chi connectivity index (χ0) is 18.8. The van der Waals surface area contributed by atoms with E-state index in [4.69, 9.17) is 9.47 Å². The number of fused-ring (bicyclic) bond motifs is 1. The Hall–Kier alpha value is -2.95. The molecule has 0 unspecified atom stereocenters. The number of hydrogen-bond acceptors (Lipinski definition) is 4. The quantitative estimate of drug-likeness (QED) is 0.743. The van der Waals surface area contributed by atoms with E-state index in [2.05, 4.69) is 54.7 Å². The molecule has 0 bridgehead atoms. The molecule has 4 rings (SSSR count). The Balaban J connectivity index is 1.60. The van der Waals surface area contributed by atoms with Gasteiger partial charge in [0.05, 0.1) is 18.9 Å². The van der Waals surface area contributed by atoms with Gasteiger partial charge in [-0.15, -0.1) is 0 Å². The van der Waals surface area contributed by atoms with E-state index >= 15 is 0 Å². The van der Waals surface area contributed by atoms with E-state index in [1.807, 2.05) is 23.9 Å². The second-order valence-electron chi connectivity index (χ2n) is 7.12. The first-order valence-corrected chi connectivity index (χ1v) is 9.33. The van der Waals surface area contributed by atoms with Gasteiger partial charge in [0, 0.05) is 43.0 Å². The minimum Gasteiger partial charge on any atom is -0.490 e. The number of ether oxygens (including phenoxy) is 2. The van der Waals surface area contributed by atoms with Crippen molar-refractivity contribution in [2.24, 2.45) is 7.05 Å². The molecule has 0 aliphatic carbocycles. The summed E-state index contributed by atoms with van der Waals surface area (Å²) in [6.07, 6.45) is 2.96. The van der Waals surface area contributed by atoms with Crippen LogP contribution in [0.3, 0.4) is 0 Å². The summed E-state index contributed by atoms with van der Waals surface area (Å²) >= 11 is 0. The maximum Gasteiger partial charge on any atom is 0.161 e. The highest BCUT2D eigenvalue weighted by Gasteiger charge is 2.15. The molecule has 1 aromatic heterocycles. The van der Waals surface area contributed by atoms with Crippen LogP contribution in [0.1, 0.15) is 23.1 Å². The molecule has 1 aliphatic heterocycles. The minimum absolute atomic E-state index is 0.680. The zero-order valence-electron chi connectivity index (χ0n) is 16.1. The number of benzene rings is 2. The minimum atomic E-state index is 0.680. The standard InChI is InChI=1S/C22H25N3O2/c1-15-9-16(2)11-19(10-15)23-13-18-14-25(3)24-22(18)17-5-6-20-21(12-17)27-8-4-7-26-20/h5-6,9-12,14,23H,4,7-8,13H2,1-3H3. The molecule has 3 aromatic rings. The topological polar surface area (TPSA) is 48.3 Å². The molecule has 0 saturated heterocycles. The van der Waals surface area contributed by atoms with Gasteiger partial charge < -0.3 is 14.8 Å². The smallest absolute Gasteiger partial charge is 0.161 e. The average Bonchev–Trinajstić information content (AvgIpc) is 2.85. The number of aryl methyl sites for hydroxylation is 3. The van der Waals surface area contributed by atoms with E-state index in [-0.39, 0.29) is 0 Å². The average molecular weight is 363 g/mol. The van der Waals surface area contributed by atoms with Crippen LogP contribution in [-0.4, -0.2) is 23.0 Å². The molecule has 27 heavy (non-hydrogen) atoms. The van der Waals surface area contributed by atoms with E-state index in [9.17, 15) is 0 Å². The first kappa shape index (κ1) is 17.5. The lowest BCUT2D eigenvalue weighted by molar-refractivity contribution is 0.297. The predicted octanol–water partition coefficient (Wildman–Crippen LogP) is 4.48. The molecule has 140 valence electrons. The molecular formula is C22H25N3O2. The summed E-state index contributed by atoms with van der Waals surface area (Å²) in [5.41, 5.74) is 6.79. The van der Waals surface area contributed by atoms with Crippen LogP contribution in [0.15, 0.2) is 42.6 Å². The van der Waals surface area contributed by atoms with Gasteiger partial charge in [-0.3, -0.25) is 4.68 Å². The van der Waals surface area contributed by atoms with Crippen molar-refractivity contribution in [1.82, 2.24) is 9.78 Å². The maximum absolute atomic E-state index is 5.84. The van der Waals surface area contributed by atoms with Crippen molar-refractivity contribution in [3.8, 4) is 22.8 Å². The molecule has 0 radical (unpaired) electrons. The SMILES string of the molecule is Cc1cc(C)cc(NCc2cn(C)nc2-c2ccc3c(c2)OCCCO3)c1. The first-order chi connectivity index (χ1) is 13.1. The van der Waals surface area contributed by atoms with Gasteiger partial charge in [0.1, 0.15) is 0 Å². The van der Waals surface area contributed by atoms with Crippen molar-refractivity contribution < 1.29 is 9.47 Å². The van der Waals surface area contributed by atoms with E-state index in [0.29, 0.717) is 19.8 Å². The fourth-order valence-corrected chi connectivity index (χ4v) is 3.49. The predicted molar refractivity (Wildman–Crippen MR) is 107 cm³/mol. The molecule has 1 N–H and O–H groups in total. The maximum atomic E-state index is 5.84. The molecular weight excluding hydrogens is 338 g/mol. The normalized spacial score (nSPS) is 13.3. The summed E-state index contributed by atoms with van der Waals surface area (Å²) in [5.74, 6) is 1.60. The van der Waals surface area contributed by atoms with Gasteiger partial charge >= 0.3 is 0 Å². The summed E-state index contributed by atoms with van der Waals surface area (Å²) in [5, 5.41) is 8.21. The first-order valence-electron chi connectivity index (χ1n) is 9.33. The lowest BCUT2D eigenvalue weighted by atomic mass is 10.1. The molecule has 2 heterocycles. The summed E-state index contributed by atoms with van der Waals surface area (Å²) < 4.78 is 13.4. The molecule has 0 saturated carbocycles. The van der Waals surface area contributed by atoms with E-state index in [0.717, 1.165) is 40.4 Å². The van der Waals surface area contributed by atoms with Gasteiger partial charge in [0.2, 0.25) is 0 Å². The molecule has 5 heteroatoms. The summed E-state index contributed by atoms with van der Waals surface area (Å²) in [4.78, 5) is 0. The van der Waals surface area contributed by atoms with Crippen LogP contribution in [0.4, 0.5) is 5.69 Å². The summed E-state index contributed by atoms with van der Waals surface area (Å²) in [7, 11) is 1.95. The molecule has 0 fully saturated rings. The number of rotatable bonds is 4. The van der Waals surface area contributed by atoms with Gasteiger partial charge in [-0.1, -0.05) is 6.07 Å². The van der Waals surface area contributed by atoms with Crippen LogP contribution in [0, 0.1) is 13.8 Å². The third-order valence-corrected chi connectivity index (χ3v) is 4.63. The number of nitrogens with zero attached hydrogens (tertiary/aromatic N) is 2. The zero-order valence-corrected chi connectivity index (χ0v) is 16.1. The van der Waals surface area contributed by atoms with Crippen LogP contribution in [0.2, 0.25) is 0 Å². The fraction of sp³-hybridized carbons (Fsp3) is 0.318. The third-order valence-electron chi connectivity index (χ3n) is 4.63. The van der Waals surface area contributed by atoms with Gasteiger partial charge in [0.25, 0.3) is 0 Å². The van der Waals surface area contributed by atoms with Crippen LogP contribution in [-0.2, 0) is 13.6 Å². The van der Waals surface area contributed by atoms with Crippen LogP contribution in [0.25, 0.3) is 11.3 Å². The van der Waals surface area contributed by atoms with Gasteiger partial charge in [-0.2, -0.15) is 5.10 Å². The Morgan fingerprint density at radius 2 is 1.74 bits per heavy atom. The molecule has 0 spiro atoms. The second kappa shape index (κ2) is 7.35. The molecule has 5 nitrogen and oxygen atoms in total. The molecule has 2 aromatic carbocycles. The number of nitrogens with one attached hydrogen (secondary N) is 1. The monoisotopic (exact) mass is 363 g/mol. The van der Waals surface area contributed by atoms with Crippen LogP contribution >= 0.6 is 0 Å². The molecule has 0 atom stereocenters. The van der Waals surface area contributed by atoms with Crippen molar-refractivity contribution in [3.63, 3.8) is 0 Å². The Kier molecular flexibility index (Phi) is 4.75. The largest absolute Gasteiger partial charge is 0.490 e. The number of hydrogen-bond donors (Lipinski definition) is 1. The molecule has 1 aliphatic rings. The van der Waals surface area contributed by atoms with Gasteiger partial charge in [0.15, 0.2) is 11.5 Å². The third kappa shape index (κ3) is 3.92. The Labute approximate surface area is 159 Å². The van der Waals surface area contributed by atoms with Crippen molar-refractivity contribution in [2.45, 2.75) is 26.8 Å². The number of aromatic nitrogens is 2. The Morgan fingerprint density at radius 1 is 1.00 bits per heavy atom. The van der Waals surface area contributed by atoms with Crippen molar-refractivity contribution in [3.05, 3.63) is 59.3 Å². The van der Waals surface area contributed by atoms with Gasteiger partial charge in [-0.25, -0.2) is 0 Å². The van der Waals surface area contributed by atoms with E-state index < -0.39 is 0 Å². The van der Waals surface area contributed by atoms with E-state index in [1.165, 1.54) is 11.1 Å². The van der Waals surface area contributed by atoms with E-state index in [1.54, 1.807) is 0 Å². The lowest BCUT2D eigenvalue weighted by Crippen LogP contribution is -2.01. The Morgan fingerprint density at radius 3 is 2.52 bits per heavy atom. The lowest BCUT2D eigenvalue weighted by Gasteiger charge is -2.11. The second-order valence-corrected chi connectivity index (χ2v) is 7.12. The van der Waals surface area contributed by atoms with Crippen LogP contribution < -0.4 is 14.8 Å². The van der Waals surface area contributed by atoms with Crippen molar-refractivity contribution >= 4 is 5.69 Å². The summed E-state index contributed by atoms with van der Waals surface area (Å²) in [6.45, 7) is 6.32. The van der Waals surface area contributed by atoms with Crippen LogP contribution in [0.5, 0.6) is 11.5 Å².